The zero-order chi connectivity index (χ0) is 23.8. The molecular weight excluding hydrogens is 430 g/mol. The molecule has 7 heteroatoms. The van der Waals surface area contributed by atoms with Gasteiger partial charge in [-0.05, 0) is 49.2 Å². The van der Waals surface area contributed by atoms with Gasteiger partial charge in [0.2, 0.25) is 5.82 Å². The van der Waals surface area contributed by atoms with Crippen molar-refractivity contribution < 1.29 is 14.0 Å². The van der Waals surface area contributed by atoms with Crippen LogP contribution in [0.4, 0.5) is 0 Å². The largest absolute Gasteiger partial charge is 0.493 e. The van der Waals surface area contributed by atoms with E-state index in [9.17, 15) is 4.79 Å². The van der Waals surface area contributed by atoms with Gasteiger partial charge in [-0.15, -0.1) is 0 Å². The lowest BCUT2D eigenvalue weighted by atomic mass is 10.1. The van der Waals surface area contributed by atoms with E-state index in [1.807, 2.05) is 43.3 Å². The third kappa shape index (κ3) is 3.61. The van der Waals surface area contributed by atoms with E-state index in [-0.39, 0.29) is 5.56 Å². The molecule has 0 radical (unpaired) electrons. The fraction of sp³-hybridized carbons (Fsp3) is 0.148. The number of methoxy groups -OCH3 is 2. The zero-order valence-corrected chi connectivity index (χ0v) is 19.3. The number of fused-ring (bicyclic) bond motifs is 1. The van der Waals surface area contributed by atoms with E-state index in [0.29, 0.717) is 39.9 Å². The van der Waals surface area contributed by atoms with Crippen molar-refractivity contribution in [2.45, 2.75) is 13.8 Å². The Bertz CT molecular complexity index is 1580. The molecule has 0 N–H and O–H groups in total. The van der Waals surface area contributed by atoms with Gasteiger partial charge in [-0.2, -0.15) is 4.98 Å². The molecule has 0 amide bonds. The number of rotatable bonds is 5. The monoisotopic (exact) mass is 453 g/mol. The molecule has 5 rings (SSSR count). The fourth-order valence-corrected chi connectivity index (χ4v) is 3.96. The predicted octanol–water partition coefficient (Wildman–Crippen LogP) is 5.34. The second-order valence-electron chi connectivity index (χ2n) is 8.02. The SMILES string of the molecule is COc1ccc(-n2cc(-c3nc(-c4ccc(C)c(C)c4)no3)c3ccccc3c2=O)cc1OC. The van der Waals surface area contributed by atoms with E-state index in [0.717, 1.165) is 16.5 Å². The number of hydrogen-bond acceptors (Lipinski definition) is 6. The van der Waals surface area contributed by atoms with Crippen molar-refractivity contribution in [3.8, 4) is 40.0 Å². The van der Waals surface area contributed by atoms with Gasteiger partial charge in [0.25, 0.3) is 11.4 Å². The quantitative estimate of drug-likeness (QED) is 0.357. The highest BCUT2D eigenvalue weighted by atomic mass is 16.5. The van der Waals surface area contributed by atoms with Gasteiger partial charge in [-0.3, -0.25) is 9.36 Å². The third-order valence-corrected chi connectivity index (χ3v) is 5.99. The maximum atomic E-state index is 13.4. The summed E-state index contributed by atoms with van der Waals surface area (Å²) in [7, 11) is 3.13. The highest BCUT2D eigenvalue weighted by molar-refractivity contribution is 5.94. The Kier molecular flexibility index (Phi) is 5.37. The molecule has 5 aromatic rings. The second kappa shape index (κ2) is 8.51. The van der Waals surface area contributed by atoms with Crippen LogP contribution in [-0.2, 0) is 0 Å². The molecule has 0 saturated heterocycles. The lowest BCUT2D eigenvalue weighted by Gasteiger charge is -2.13. The Hall–Kier alpha value is -4.39. The first-order chi connectivity index (χ1) is 16.5. The Morgan fingerprint density at radius 1 is 0.853 bits per heavy atom. The first-order valence-corrected chi connectivity index (χ1v) is 10.8. The summed E-state index contributed by atoms with van der Waals surface area (Å²) < 4.78 is 18.0. The average Bonchev–Trinajstić information content (AvgIpc) is 3.36. The second-order valence-corrected chi connectivity index (χ2v) is 8.02. The number of ether oxygens (including phenoxy) is 2. The van der Waals surface area contributed by atoms with E-state index < -0.39 is 0 Å². The van der Waals surface area contributed by atoms with Crippen LogP contribution in [0, 0.1) is 13.8 Å². The lowest BCUT2D eigenvalue weighted by molar-refractivity contribution is 0.355. The number of hydrogen-bond donors (Lipinski definition) is 0. The van der Waals surface area contributed by atoms with Gasteiger partial charge in [0, 0.05) is 28.6 Å². The van der Waals surface area contributed by atoms with Crippen molar-refractivity contribution >= 4 is 10.8 Å². The van der Waals surface area contributed by atoms with Gasteiger partial charge < -0.3 is 14.0 Å². The molecule has 170 valence electrons. The Morgan fingerprint density at radius 2 is 1.62 bits per heavy atom. The molecule has 0 bridgehead atoms. The third-order valence-electron chi connectivity index (χ3n) is 5.99. The summed E-state index contributed by atoms with van der Waals surface area (Å²) in [6.45, 7) is 4.11. The van der Waals surface area contributed by atoms with Crippen LogP contribution in [0.3, 0.4) is 0 Å². The molecule has 0 saturated carbocycles. The summed E-state index contributed by atoms with van der Waals surface area (Å²) in [6, 6.07) is 18.7. The van der Waals surface area contributed by atoms with E-state index in [1.165, 1.54) is 5.56 Å². The summed E-state index contributed by atoms with van der Waals surface area (Å²) in [5, 5.41) is 5.48. The number of aryl methyl sites for hydroxylation is 2. The maximum Gasteiger partial charge on any atom is 0.262 e. The fourth-order valence-electron chi connectivity index (χ4n) is 3.96. The Balaban J connectivity index is 1.70. The van der Waals surface area contributed by atoms with Gasteiger partial charge in [-0.25, -0.2) is 0 Å². The molecule has 0 aliphatic rings. The molecule has 3 aromatic carbocycles. The van der Waals surface area contributed by atoms with Crippen LogP contribution >= 0.6 is 0 Å². The smallest absolute Gasteiger partial charge is 0.262 e. The minimum absolute atomic E-state index is 0.166. The highest BCUT2D eigenvalue weighted by Gasteiger charge is 2.18. The number of pyridine rings is 1. The van der Waals surface area contributed by atoms with Crippen LogP contribution in [0.25, 0.3) is 39.3 Å². The van der Waals surface area contributed by atoms with Crippen molar-refractivity contribution in [2.75, 3.05) is 14.2 Å². The van der Waals surface area contributed by atoms with Crippen LogP contribution in [0.5, 0.6) is 11.5 Å². The van der Waals surface area contributed by atoms with Crippen LogP contribution < -0.4 is 15.0 Å². The molecule has 34 heavy (non-hydrogen) atoms. The molecule has 0 fully saturated rings. The minimum Gasteiger partial charge on any atom is -0.493 e. The van der Waals surface area contributed by atoms with Gasteiger partial charge >= 0.3 is 0 Å². The number of nitrogens with zero attached hydrogens (tertiary/aromatic N) is 3. The molecule has 0 aliphatic carbocycles. The number of aromatic nitrogens is 3. The normalized spacial score (nSPS) is 11.1. The first-order valence-electron chi connectivity index (χ1n) is 10.8. The van der Waals surface area contributed by atoms with Crippen molar-refractivity contribution in [1.82, 2.24) is 14.7 Å². The topological polar surface area (TPSA) is 79.4 Å². The van der Waals surface area contributed by atoms with Gasteiger partial charge in [0.05, 0.1) is 25.5 Å². The molecular formula is C27H23N3O4. The predicted molar refractivity (Wildman–Crippen MR) is 131 cm³/mol. The highest BCUT2D eigenvalue weighted by Crippen LogP contribution is 2.32. The van der Waals surface area contributed by atoms with Crippen LogP contribution in [0.2, 0.25) is 0 Å². The summed E-state index contributed by atoms with van der Waals surface area (Å²) in [4.78, 5) is 18.0. The summed E-state index contributed by atoms with van der Waals surface area (Å²) in [5.74, 6) is 1.93. The summed E-state index contributed by atoms with van der Waals surface area (Å²) in [5.41, 5.74) is 4.34. The molecule has 0 unspecified atom stereocenters. The van der Waals surface area contributed by atoms with Gasteiger partial charge in [0.15, 0.2) is 11.5 Å². The van der Waals surface area contributed by atoms with Crippen LogP contribution in [-0.4, -0.2) is 28.9 Å². The van der Waals surface area contributed by atoms with Gasteiger partial charge in [-0.1, -0.05) is 35.5 Å². The zero-order valence-electron chi connectivity index (χ0n) is 19.3. The average molecular weight is 453 g/mol. The van der Waals surface area contributed by atoms with Crippen molar-refractivity contribution in [2.24, 2.45) is 0 Å². The van der Waals surface area contributed by atoms with E-state index >= 15 is 0 Å². The maximum absolute atomic E-state index is 13.4. The lowest BCUT2D eigenvalue weighted by Crippen LogP contribution is -2.18. The molecule has 0 aliphatic heterocycles. The standard InChI is InChI=1S/C27H23N3O4/c1-16-9-10-18(13-17(16)2)25-28-26(34-29-25)22-15-30(27(31)21-8-6-5-7-20(21)22)19-11-12-23(32-3)24(14-19)33-4/h5-15H,1-4H3. The molecule has 2 aromatic heterocycles. The molecule has 0 atom stereocenters. The van der Waals surface area contributed by atoms with Crippen LogP contribution in [0.15, 0.2) is 76.2 Å². The summed E-state index contributed by atoms with van der Waals surface area (Å²) >= 11 is 0. The van der Waals surface area contributed by atoms with Crippen molar-refractivity contribution in [1.29, 1.82) is 0 Å². The van der Waals surface area contributed by atoms with Crippen LogP contribution in [0.1, 0.15) is 11.1 Å². The minimum atomic E-state index is -0.166. The van der Waals surface area contributed by atoms with E-state index in [1.54, 1.807) is 49.2 Å². The molecule has 2 heterocycles. The first kappa shape index (κ1) is 21.5. The van der Waals surface area contributed by atoms with E-state index in [2.05, 4.69) is 17.1 Å². The summed E-state index contributed by atoms with van der Waals surface area (Å²) in [6.07, 6.45) is 1.73. The molecule has 7 nitrogen and oxygen atoms in total. The molecule has 0 spiro atoms. The number of benzene rings is 3. The van der Waals surface area contributed by atoms with Gasteiger partial charge in [0.1, 0.15) is 0 Å². The Labute approximate surface area is 196 Å². The van der Waals surface area contributed by atoms with Crippen molar-refractivity contribution in [3.05, 3.63) is 88.3 Å². The van der Waals surface area contributed by atoms with Crippen molar-refractivity contribution in [3.63, 3.8) is 0 Å². The Morgan fingerprint density at radius 3 is 2.35 bits per heavy atom. The van der Waals surface area contributed by atoms with E-state index in [4.69, 9.17) is 14.0 Å².